The van der Waals surface area contributed by atoms with Crippen molar-refractivity contribution in [3.63, 3.8) is 0 Å². The second-order valence-corrected chi connectivity index (χ2v) is 9.47. The fourth-order valence-electron chi connectivity index (χ4n) is 3.76. The highest BCUT2D eigenvalue weighted by Gasteiger charge is 2.13. The molecule has 0 atom stereocenters. The van der Waals surface area contributed by atoms with Gasteiger partial charge in [0.15, 0.2) is 11.5 Å². The average molecular weight is 554 g/mol. The number of nitrogens with zero attached hydrogens (tertiary/aromatic N) is 1. The molecule has 0 unspecified atom stereocenters. The molecule has 0 bridgehead atoms. The van der Waals surface area contributed by atoms with Crippen molar-refractivity contribution in [3.05, 3.63) is 53.6 Å². The molecule has 2 rings (SSSR count). The Morgan fingerprint density at radius 3 is 2.23 bits per heavy atom. The Kier molecular flexibility index (Phi) is 15.5. The molecule has 2 aromatic rings. The predicted octanol–water partition coefficient (Wildman–Crippen LogP) is 5.80. The first-order valence-corrected chi connectivity index (χ1v) is 14.2. The molecular weight excluding hydrogens is 510 g/mol. The van der Waals surface area contributed by atoms with Crippen LogP contribution in [0.2, 0.25) is 0 Å². The Bertz CT molecular complexity index is 1080. The number of nitrogens with one attached hydrogen (secondary N) is 2. The SMILES string of the molecule is CCCCCCCCCC(=O)NCC(=O)N/N=C\c1ccc(OC(=O)c2ccc(OCCCC)cc2)c(OC)c1. The first kappa shape index (κ1) is 32.3. The molecule has 0 aliphatic rings. The first-order chi connectivity index (χ1) is 19.5. The lowest BCUT2D eigenvalue weighted by Gasteiger charge is -2.10. The summed E-state index contributed by atoms with van der Waals surface area (Å²) < 4.78 is 16.5. The van der Waals surface area contributed by atoms with Gasteiger partial charge in [-0.25, -0.2) is 10.2 Å². The maximum atomic E-state index is 12.6. The largest absolute Gasteiger partial charge is 0.494 e. The van der Waals surface area contributed by atoms with Crippen molar-refractivity contribution in [1.29, 1.82) is 0 Å². The van der Waals surface area contributed by atoms with E-state index in [1.165, 1.54) is 39.0 Å². The van der Waals surface area contributed by atoms with E-state index in [9.17, 15) is 14.4 Å². The molecule has 40 heavy (non-hydrogen) atoms. The number of rotatable bonds is 19. The number of ether oxygens (including phenoxy) is 3. The predicted molar refractivity (Wildman–Crippen MR) is 156 cm³/mol. The third-order valence-corrected chi connectivity index (χ3v) is 6.10. The monoisotopic (exact) mass is 553 g/mol. The van der Waals surface area contributed by atoms with Gasteiger partial charge in [0.2, 0.25) is 5.91 Å². The molecule has 2 aromatic carbocycles. The van der Waals surface area contributed by atoms with Gasteiger partial charge in [-0.3, -0.25) is 9.59 Å². The van der Waals surface area contributed by atoms with E-state index in [-0.39, 0.29) is 18.2 Å². The summed E-state index contributed by atoms with van der Waals surface area (Å²) in [6.07, 6.45) is 11.8. The van der Waals surface area contributed by atoms with Crippen LogP contribution in [0.15, 0.2) is 47.6 Å². The lowest BCUT2D eigenvalue weighted by molar-refractivity contribution is -0.126. The minimum Gasteiger partial charge on any atom is -0.494 e. The topological polar surface area (TPSA) is 115 Å². The molecule has 0 aromatic heterocycles. The van der Waals surface area contributed by atoms with Gasteiger partial charge in [-0.1, -0.05) is 58.8 Å². The minimum atomic E-state index is -0.527. The highest BCUT2D eigenvalue weighted by Crippen LogP contribution is 2.28. The lowest BCUT2D eigenvalue weighted by Crippen LogP contribution is -2.34. The van der Waals surface area contributed by atoms with Crippen LogP contribution in [0.4, 0.5) is 0 Å². The number of methoxy groups -OCH3 is 1. The van der Waals surface area contributed by atoms with E-state index < -0.39 is 11.9 Å². The third-order valence-electron chi connectivity index (χ3n) is 6.10. The Balaban J connectivity index is 1.76. The molecule has 0 heterocycles. The van der Waals surface area contributed by atoms with Gasteiger partial charge in [0.1, 0.15) is 5.75 Å². The van der Waals surface area contributed by atoms with Crippen LogP contribution < -0.4 is 25.0 Å². The van der Waals surface area contributed by atoms with Crippen LogP contribution in [-0.2, 0) is 9.59 Å². The van der Waals surface area contributed by atoms with Gasteiger partial charge in [0.05, 0.1) is 32.0 Å². The molecule has 0 aliphatic heterocycles. The van der Waals surface area contributed by atoms with E-state index in [2.05, 4.69) is 29.7 Å². The normalized spacial score (nSPS) is 10.8. The summed E-state index contributed by atoms with van der Waals surface area (Å²) in [6.45, 7) is 4.77. The van der Waals surface area contributed by atoms with E-state index in [1.54, 1.807) is 42.5 Å². The molecule has 0 fully saturated rings. The Labute approximate surface area is 237 Å². The number of hydrazone groups is 1. The molecule has 2 N–H and O–H groups in total. The van der Waals surface area contributed by atoms with Gasteiger partial charge in [0.25, 0.3) is 5.91 Å². The van der Waals surface area contributed by atoms with Gasteiger partial charge in [0, 0.05) is 6.42 Å². The van der Waals surface area contributed by atoms with E-state index in [0.29, 0.717) is 35.7 Å². The van der Waals surface area contributed by atoms with E-state index in [0.717, 1.165) is 32.1 Å². The van der Waals surface area contributed by atoms with Crippen LogP contribution in [0, 0.1) is 0 Å². The van der Waals surface area contributed by atoms with Crippen molar-refractivity contribution >= 4 is 24.0 Å². The van der Waals surface area contributed by atoms with Crippen molar-refractivity contribution in [1.82, 2.24) is 10.7 Å². The summed E-state index contributed by atoms with van der Waals surface area (Å²) >= 11 is 0. The number of esters is 1. The number of unbranched alkanes of at least 4 members (excludes halogenated alkanes) is 7. The van der Waals surface area contributed by atoms with Crippen molar-refractivity contribution in [2.75, 3.05) is 20.3 Å². The minimum absolute atomic E-state index is 0.140. The zero-order valence-electron chi connectivity index (χ0n) is 24.0. The number of carbonyl (C=O) groups excluding carboxylic acids is 3. The fraction of sp³-hybridized carbons (Fsp3) is 0.484. The molecule has 0 spiro atoms. The molecule has 0 saturated heterocycles. The molecule has 0 radical (unpaired) electrons. The van der Waals surface area contributed by atoms with Gasteiger partial charge < -0.3 is 19.5 Å². The maximum Gasteiger partial charge on any atom is 0.343 e. The summed E-state index contributed by atoms with van der Waals surface area (Å²) in [6, 6.07) is 11.7. The highest BCUT2D eigenvalue weighted by atomic mass is 16.6. The Morgan fingerprint density at radius 1 is 0.825 bits per heavy atom. The summed E-state index contributed by atoms with van der Waals surface area (Å²) in [5.74, 6) is 0.189. The van der Waals surface area contributed by atoms with Gasteiger partial charge >= 0.3 is 5.97 Å². The smallest absolute Gasteiger partial charge is 0.343 e. The summed E-state index contributed by atoms with van der Waals surface area (Å²) in [5.41, 5.74) is 3.39. The van der Waals surface area contributed by atoms with Crippen LogP contribution in [-0.4, -0.2) is 44.3 Å². The van der Waals surface area contributed by atoms with Gasteiger partial charge in [-0.15, -0.1) is 0 Å². The number of carbonyl (C=O) groups is 3. The van der Waals surface area contributed by atoms with E-state index in [4.69, 9.17) is 14.2 Å². The second-order valence-electron chi connectivity index (χ2n) is 9.47. The van der Waals surface area contributed by atoms with Crippen molar-refractivity contribution in [2.24, 2.45) is 5.10 Å². The second kappa shape index (κ2) is 19.2. The Hall–Kier alpha value is -3.88. The zero-order valence-corrected chi connectivity index (χ0v) is 24.0. The summed E-state index contributed by atoms with van der Waals surface area (Å²) in [4.78, 5) is 36.5. The van der Waals surface area contributed by atoms with Crippen molar-refractivity contribution in [2.45, 2.75) is 78.1 Å². The standard InChI is InChI=1S/C31H43N3O6/c1-4-6-8-9-10-11-12-13-29(35)32-23-30(36)34-33-22-24-14-19-27(28(21-24)38-3)40-31(37)25-15-17-26(18-16-25)39-20-7-5-2/h14-19,21-22H,4-13,20,23H2,1-3H3,(H,32,35)(H,34,36)/b33-22-. The van der Waals surface area contributed by atoms with Gasteiger partial charge in [-0.05, 0) is 60.9 Å². The number of amides is 2. The quantitative estimate of drug-likeness (QED) is 0.0747. The van der Waals surface area contributed by atoms with Crippen LogP contribution in [0.3, 0.4) is 0 Å². The first-order valence-electron chi connectivity index (χ1n) is 14.2. The molecule has 218 valence electrons. The van der Waals surface area contributed by atoms with Crippen LogP contribution >= 0.6 is 0 Å². The lowest BCUT2D eigenvalue weighted by atomic mass is 10.1. The maximum absolute atomic E-state index is 12.6. The van der Waals surface area contributed by atoms with Crippen LogP contribution in [0.25, 0.3) is 0 Å². The van der Waals surface area contributed by atoms with Crippen molar-refractivity contribution < 1.29 is 28.6 Å². The van der Waals surface area contributed by atoms with Gasteiger partial charge in [-0.2, -0.15) is 5.10 Å². The molecule has 0 aliphatic carbocycles. The number of hydrogen-bond acceptors (Lipinski definition) is 7. The molecule has 2 amide bonds. The third kappa shape index (κ3) is 12.8. The molecule has 9 nitrogen and oxygen atoms in total. The molecular formula is C31H43N3O6. The number of hydrogen-bond donors (Lipinski definition) is 2. The Morgan fingerprint density at radius 2 is 1.52 bits per heavy atom. The average Bonchev–Trinajstić information content (AvgIpc) is 2.96. The molecule has 0 saturated carbocycles. The molecule has 9 heteroatoms. The zero-order chi connectivity index (χ0) is 29.0. The number of benzene rings is 2. The highest BCUT2D eigenvalue weighted by molar-refractivity contribution is 5.92. The van der Waals surface area contributed by atoms with Crippen LogP contribution in [0.5, 0.6) is 17.2 Å². The van der Waals surface area contributed by atoms with E-state index >= 15 is 0 Å². The summed E-state index contributed by atoms with van der Waals surface area (Å²) in [7, 11) is 1.47. The fourth-order valence-corrected chi connectivity index (χ4v) is 3.76. The van der Waals surface area contributed by atoms with Crippen LogP contribution in [0.1, 0.15) is 94.0 Å². The van der Waals surface area contributed by atoms with E-state index in [1.807, 2.05) is 0 Å². The summed E-state index contributed by atoms with van der Waals surface area (Å²) in [5, 5.41) is 6.54. The van der Waals surface area contributed by atoms with Crippen molar-refractivity contribution in [3.8, 4) is 17.2 Å².